The lowest BCUT2D eigenvalue weighted by atomic mass is 10.1. The second-order valence-corrected chi connectivity index (χ2v) is 6.55. The molecule has 1 heterocycles. The summed E-state index contributed by atoms with van der Waals surface area (Å²) in [5.74, 6) is 0. The van der Waals surface area contributed by atoms with Gasteiger partial charge in [0.15, 0.2) is 5.13 Å². The van der Waals surface area contributed by atoms with Gasteiger partial charge in [-0.15, -0.1) is 11.3 Å². The maximum Gasteiger partial charge on any atom is 0.321 e. The number of hydrogen-bond acceptors (Lipinski definition) is 4. The van der Waals surface area contributed by atoms with E-state index >= 15 is 0 Å². The Kier molecular flexibility index (Phi) is 4.77. The van der Waals surface area contributed by atoms with Crippen molar-refractivity contribution in [3.05, 3.63) is 65.0 Å². The van der Waals surface area contributed by atoms with Crippen molar-refractivity contribution in [2.75, 3.05) is 11.1 Å². The number of nitrogens with one attached hydrogen (secondary N) is 2. The minimum Gasteiger partial charge on any atom is -0.399 e. The molecule has 0 aliphatic heterocycles. The van der Waals surface area contributed by atoms with Crippen molar-refractivity contribution in [2.24, 2.45) is 0 Å². The first kappa shape index (κ1) is 16.0. The van der Waals surface area contributed by atoms with E-state index < -0.39 is 0 Å². The highest BCUT2D eigenvalue weighted by Gasteiger charge is 2.12. The van der Waals surface area contributed by atoms with E-state index in [4.69, 9.17) is 5.73 Å². The van der Waals surface area contributed by atoms with Crippen LogP contribution in [0.15, 0.2) is 54.6 Å². The maximum atomic E-state index is 12.0. The molecule has 2 amide bonds. The molecular formula is C18H18N4OS. The number of thiazole rings is 1. The summed E-state index contributed by atoms with van der Waals surface area (Å²) in [5.41, 5.74) is 9.34. The molecule has 2 aromatic carbocycles. The number of anilines is 2. The number of amides is 2. The molecule has 0 saturated carbocycles. The predicted molar refractivity (Wildman–Crippen MR) is 99.0 cm³/mol. The average molecular weight is 338 g/mol. The molecule has 1 aromatic heterocycles. The van der Waals surface area contributed by atoms with Crippen LogP contribution in [0, 0.1) is 6.92 Å². The lowest BCUT2D eigenvalue weighted by molar-refractivity contribution is 0.251. The molecule has 122 valence electrons. The van der Waals surface area contributed by atoms with E-state index in [0.717, 1.165) is 21.7 Å². The van der Waals surface area contributed by atoms with Crippen LogP contribution in [0.2, 0.25) is 0 Å². The largest absolute Gasteiger partial charge is 0.399 e. The van der Waals surface area contributed by atoms with Gasteiger partial charge >= 0.3 is 6.03 Å². The van der Waals surface area contributed by atoms with E-state index in [1.165, 1.54) is 11.3 Å². The molecule has 3 rings (SSSR count). The molecule has 24 heavy (non-hydrogen) atoms. The van der Waals surface area contributed by atoms with Crippen molar-refractivity contribution >= 4 is 28.2 Å². The first-order valence-electron chi connectivity index (χ1n) is 7.54. The Morgan fingerprint density at radius 1 is 1.17 bits per heavy atom. The van der Waals surface area contributed by atoms with Crippen LogP contribution in [-0.2, 0) is 6.54 Å². The Hall–Kier alpha value is -2.86. The van der Waals surface area contributed by atoms with Gasteiger partial charge in [-0.1, -0.05) is 42.5 Å². The van der Waals surface area contributed by atoms with E-state index in [9.17, 15) is 4.79 Å². The summed E-state index contributed by atoms with van der Waals surface area (Å²) in [6.45, 7) is 2.45. The van der Waals surface area contributed by atoms with E-state index in [0.29, 0.717) is 17.4 Å². The van der Waals surface area contributed by atoms with Crippen molar-refractivity contribution in [1.29, 1.82) is 0 Å². The van der Waals surface area contributed by atoms with Gasteiger partial charge in [0.2, 0.25) is 0 Å². The summed E-state index contributed by atoms with van der Waals surface area (Å²) in [6.07, 6.45) is 0. The standard InChI is InChI=1S/C18H18N4OS/c1-12-16(14-8-5-9-15(19)10-14)21-18(24-12)22-17(23)20-11-13-6-3-2-4-7-13/h2-10H,11,19H2,1H3,(H2,20,21,22,23). The number of carbonyl (C=O) groups excluding carboxylic acids is 1. The van der Waals surface area contributed by atoms with E-state index in [1.807, 2.05) is 61.5 Å². The third-order valence-electron chi connectivity index (χ3n) is 3.47. The first-order chi connectivity index (χ1) is 11.6. The number of nitrogen functional groups attached to an aromatic ring is 1. The molecule has 0 atom stereocenters. The fourth-order valence-corrected chi connectivity index (χ4v) is 3.15. The van der Waals surface area contributed by atoms with Crippen molar-refractivity contribution in [3.63, 3.8) is 0 Å². The van der Waals surface area contributed by atoms with Crippen molar-refractivity contribution in [3.8, 4) is 11.3 Å². The number of aryl methyl sites for hydroxylation is 1. The summed E-state index contributed by atoms with van der Waals surface area (Å²) in [4.78, 5) is 17.6. The highest BCUT2D eigenvalue weighted by atomic mass is 32.1. The smallest absolute Gasteiger partial charge is 0.321 e. The van der Waals surface area contributed by atoms with Crippen molar-refractivity contribution < 1.29 is 4.79 Å². The van der Waals surface area contributed by atoms with Gasteiger partial charge in [-0.3, -0.25) is 5.32 Å². The third kappa shape index (κ3) is 3.91. The van der Waals surface area contributed by atoms with Gasteiger partial charge in [-0.25, -0.2) is 9.78 Å². The Labute approximate surface area is 144 Å². The quantitative estimate of drug-likeness (QED) is 0.629. The zero-order valence-electron chi connectivity index (χ0n) is 13.2. The van der Waals surface area contributed by atoms with Crippen LogP contribution in [0.3, 0.4) is 0 Å². The molecule has 3 aromatic rings. The van der Waals surface area contributed by atoms with Gasteiger partial charge in [0, 0.05) is 22.7 Å². The summed E-state index contributed by atoms with van der Waals surface area (Å²) in [6, 6.07) is 17.0. The fourth-order valence-electron chi connectivity index (χ4n) is 2.32. The molecule has 0 aliphatic rings. The number of aromatic nitrogens is 1. The van der Waals surface area contributed by atoms with Gasteiger partial charge in [0.1, 0.15) is 0 Å². The number of rotatable bonds is 4. The number of nitrogens with zero attached hydrogens (tertiary/aromatic N) is 1. The Bertz CT molecular complexity index is 845. The van der Waals surface area contributed by atoms with Crippen LogP contribution >= 0.6 is 11.3 Å². The van der Waals surface area contributed by atoms with Crippen LogP contribution in [0.4, 0.5) is 15.6 Å². The van der Waals surface area contributed by atoms with Crippen LogP contribution in [0.1, 0.15) is 10.4 Å². The monoisotopic (exact) mass is 338 g/mol. The zero-order valence-corrected chi connectivity index (χ0v) is 14.1. The molecule has 0 fully saturated rings. The van der Waals surface area contributed by atoms with E-state index in [2.05, 4.69) is 15.6 Å². The second kappa shape index (κ2) is 7.14. The number of urea groups is 1. The number of benzene rings is 2. The molecule has 5 nitrogen and oxygen atoms in total. The van der Waals surface area contributed by atoms with E-state index in [1.54, 1.807) is 0 Å². The van der Waals surface area contributed by atoms with Crippen LogP contribution < -0.4 is 16.4 Å². The summed E-state index contributed by atoms with van der Waals surface area (Å²) in [5, 5.41) is 6.17. The van der Waals surface area contributed by atoms with Gasteiger partial charge in [0.05, 0.1) is 5.69 Å². The Balaban J connectivity index is 1.65. The van der Waals surface area contributed by atoms with Crippen LogP contribution in [0.5, 0.6) is 0 Å². The highest BCUT2D eigenvalue weighted by molar-refractivity contribution is 7.16. The molecule has 0 unspecified atom stereocenters. The molecule has 4 N–H and O–H groups in total. The van der Waals surface area contributed by atoms with Crippen LogP contribution in [-0.4, -0.2) is 11.0 Å². The SMILES string of the molecule is Cc1sc(NC(=O)NCc2ccccc2)nc1-c1cccc(N)c1. The topological polar surface area (TPSA) is 80.0 Å². The molecule has 0 spiro atoms. The number of hydrogen-bond donors (Lipinski definition) is 3. The Morgan fingerprint density at radius 3 is 2.71 bits per heavy atom. The van der Waals surface area contributed by atoms with E-state index in [-0.39, 0.29) is 6.03 Å². The first-order valence-corrected chi connectivity index (χ1v) is 8.35. The lowest BCUT2D eigenvalue weighted by Crippen LogP contribution is -2.28. The molecular weight excluding hydrogens is 320 g/mol. The predicted octanol–water partition coefficient (Wildman–Crippen LogP) is 4.02. The molecule has 0 saturated heterocycles. The normalized spacial score (nSPS) is 10.4. The molecule has 6 heteroatoms. The molecule has 0 aliphatic carbocycles. The van der Waals surface area contributed by atoms with Crippen molar-refractivity contribution in [2.45, 2.75) is 13.5 Å². The lowest BCUT2D eigenvalue weighted by Gasteiger charge is -2.05. The summed E-state index contributed by atoms with van der Waals surface area (Å²) in [7, 11) is 0. The summed E-state index contributed by atoms with van der Waals surface area (Å²) < 4.78 is 0. The highest BCUT2D eigenvalue weighted by Crippen LogP contribution is 2.31. The summed E-state index contributed by atoms with van der Waals surface area (Å²) >= 11 is 1.44. The van der Waals surface area contributed by atoms with Gasteiger partial charge < -0.3 is 11.1 Å². The zero-order chi connectivity index (χ0) is 16.9. The second-order valence-electron chi connectivity index (χ2n) is 5.34. The Morgan fingerprint density at radius 2 is 1.96 bits per heavy atom. The molecule has 0 radical (unpaired) electrons. The maximum absolute atomic E-state index is 12.0. The number of carbonyl (C=O) groups is 1. The average Bonchev–Trinajstić information content (AvgIpc) is 2.94. The minimum absolute atomic E-state index is 0.272. The van der Waals surface area contributed by atoms with Crippen LogP contribution in [0.25, 0.3) is 11.3 Å². The van der Waals surface area contributed by atoms with Crippen molar-refractivity contribution in [1.82, 2.24) is 10.3 Å². The minimum atomic E-state index is -0.272. The fraction of sp³-hybridized carbons (Fsp3) is 0.111. The third-order valence-corrected chi connectivity index (χ3v) is 4.36. The van der Waals surface area contributed by atoms with Gasteiger partial charge in [-0.2, -0.15) is 0 Å². The number of nitrogens with two attached hydrogens (primary N) is 1. The van der Waals surface area contributed by atoms with Gasteiger partial charge in [-0.05, 0) is 24.6 Å². The van der Waals surface area contributed by atoms with Gasteiger partial charge in [0.25, 0.3) is 0 Å². The molecule has 0 bridgehead atoms.